The van der Waals surface area contributed by atoms with Gasteiger partial charge in [0.1, 0.15) is 0 Å². The quantitative estimate of drug-likeness (QED) is 0.641. The summed E-state index contributed by atoms with van der Waals surface area (Å²) >= 11 is 0. The summed E-state index contributed by atoms with van der Waals surface area (Å²) in [5.41, 5.74) is 1.25. The molecule has 2 nitrogen and oxygen atoms in total. The average Bonchev–Trinajstić information content (AvgIpc) is 2.34. The molecule has 1 aromatic carbocycles. The van der Waals surface area contributed by atoms with Gasteiger partial charge in [-0.15, -0.1) is 0 Å². The lowest BCUT2D eigenvalue weighted by Crippen LogP contribution is -2.29. The van der Waals surface area contributed by atoms with Crippen LogP contribution in [0, 0.1) is 0 Å². The predicted octanol–water partition coefficient (Wildman–Crippen LogP) is 3.32. The Balaban J connectivity index is 2.18. The van der Waals surface area contributed by atoms with Gasteiger partial charge in [-0.05, 0) is 32.5 Å². The van der Waals surface area contributed by atoms with E-state index in [0.29, 0.717) is 6.04 Å². The van der Waals surface area contributed by atoms with Gasteiger partial charge in [-0.2, -0.15) is 0 Å². The van der Waals surface area contributed by atoms with Crippen LogP contribution in [0.2, 0.25) is 0 Å². The molecule has 0 aliphatic carbocycles. The molecule has 1 unspecified atom stereocenters. The van der Waals surface area contributed by atoms with Gasteiger partial charge >= 0.3 is 0 Å². The second-order valence-corrected chi connectivity index (χ2v) is 4.73. The standard InChI is InChI=1S/C15H25NO/c1-4-8-15(16(2)3)11-12-17-13-14-9-6-5-7-10-14/h5-7,9-10,15H,4,8,11-13H2,1-3H3. The van der Waals surface area contributed by atoms with Crippen LogP contribution in [-0.4, -0.2) is 31.6 Å². The first kappa shape index (κ1) is 14.2. The topological polar surface area (TPSA) is 12.5 Å². The van der Waals surface area contributed by atoms with Gasteiger partial charge in [0.15, 0.2) is 0 Å². The van der Waals surface area contributed by atoms with Crippen molar-refractivity contribution in [3.8, 4) is 0 Å². The van der Waals surface area contributed by atoms with Crippen molar-refractivity contribution < 1.29 is 4.74 Å². The molecule has 0 N–H and O–H groups in total. The molecular formula is C15H25NO. The molecule has 0 spiro atoms. The van der Waals surface area contributed by atoms with Gasteiger partial charge in [0.05, 0.1) is 6.61 Å². The largest absolute Gasteiger partial charge is 0.377 e. The molecule has 0 aliphatic heterocycles. The zero-order chi connectivity index (χ0) is 12.5. The number of nitrogens with zero attached hydrogens (tertiary/aromatic N) is 1. The van der Waals surface area contributed by atoms with Crippen LogP contribution in [0.5, 0.6) is 0 Å². The molecule has 0 bridgehead atoms. The summed E-state index contributed by atoms with van der Waals surface area (Å²) in [4.78, 5) is 2.30. The first-order valence-corrected chi connectivity index (χ1v) is 6.52. The first-order chi connectivity index (χ1) is 8.24. The molecule has 0 saturated carbocycles. The lowest BCUT2D eigenvalue weighted by atomic mass is 10.1. The van der Waals surface area contributed by atoms with Gasteiger partial charge in [0.2, 0.25) is 0 Å². The molecule has 0 radical (unpaired) electrons. The highest BCUT2D eigenvalue weighted by Crippen LogP contribution is 2.08. The van der Waals surface area contributed by atoms with E-state index in [1.54, 1.807) is 0 Å². The Hall–Kier alpha value is -0.860. The fourth-order valence-electron chi connectivity index (χ4n) is 1.98. The highest BCUT2D eigenvalue weighted by Gasteiger charge is 2.09. The van der Waals surface area contributed by atoms with E-state index in [4.69, 9.17) is 4.74 Å². The Labute approximate surface area is 106 Å². The summed E-state index contributed by atoms with van der Waals surface area (Å²) in [6.45, 7) is 3.81. The maximum atomic E-state index is 5.72. The lowest BCUT2D eigenvalue weighted by Gasteiger charge is -2.23. The minimum absolute atomic E-state index is 0.649. The fraction of sp³-hybridized carbons (Fsp3) is 0.600. The van der Waals surface area contributed by atoms with E-state index in [1.165, 1.54) is 18.4 Å². The van der Waals surface area contributed by atoms with Crippen molar-refractivity contribution >= 4 is 0 Å². The third kappa shape index (κ3) is 5.85. The summed E-state index contributed by atoms with van der Waals surface area (Å²) in [5, 5.41) is 0. The monoisotopic (exact) mass is 235 g/mol. The molecule has 1 atom stereocenters. The second kappa shape index (κ2) is 8.26. The maximum absolute atomic E-state index is 5.72. The van der Waals surface area contributed by atoms with Gasteiger partial charge in [0, 0.05) is 12.6 Å². The second-order valence-electron chi connectivity index (χ2n) is 4.73. The molecule has 17 heavy (non-hydrogen) atoms. The highest BCUT2D eigenvalue weighted by molar-refractivity contribution is 5.13. The smallest absolute Gasteiger partial charge is 0.0716 e. The molecule has 0 aliphatic rings. The van der Waals surface area contributed by atoms with E-state index in [1.807, 2.05) is 6.07 Å². The van der Waals surface area contributed by atoms with E-state index in [9.17, 15) is 0 Å². The van der Waals surface area contributed by atoms with Gasteiger partial charge < -0.3 is 9.64 Å². The van der Waals surface area contributed by atoms with Crippen LogP contribution in [0.3, 0.4) is 0 Å². The van der Waals surface area contributed by atoms with Gasteiger partial charge in [-0.3, -0.25) is 0 Å². The van der Waals surface area contributed by atoms with Gasteiger partial charge in [0.25, 0.3) is 0 Å². The van der Waals surface area contributed by atoms with E-state index in [-0.39, 0.29) is 0 Å². The van der Waals surface area contributed by atoms with Crippen LogP contribution in [-0.2, 0) is 11.3 Å². The van der Waals surface area contributed by atoms with Crippen molar-refractivity contribution in [2.24, 2.45) is 0 Å². The van der Waals surface area contributed by atoms with Crippen LogP contribution >= 0.6 is 0 Å². The predicted molar refractivity (Wildman–Crippen MR) is 73.1 cm³/mol. The molecule has 96 valence electrons. The Morgan fingerprint density at radius 1 is 1.12 bits per heavy atom. The van der Waals surface area contributed by atoms with Crippen molar-refractivity contribution in [3.05, 3.63) is 35.9 Å². The number of ether oxygens (including phenoxy) is 1. The third-order valence-electron chi connectivity index (χ3n) is 3.06. The van der Waals surface area contributed by atoms with Crippen LogP contribution < -0.4 is 0 Å². The van der Waals surface area contributed by atoms with E-state index in [2.05, 4.69) is 50.2 Å². The first-order valence-electron chi connectivity index (χ1n) is 6.52. The molecular weight excluding hydrogens is 210 g/mol. The molecule has 1 aromatic rings. The summed E-state index contributed by atoms with van der Waals surface area (Å²) < 4.78 is 5.72. The molecule has 0 amide bonds. The third-order valence-corrected chi connectivity index (χ3v) is 3.06. The molecule has 0 aromatic heterocycles. The summed E-state index contributed by atoms with van der Waals surface area (Å²) in [5.74, 6) is 0. The van der Waals surface area contributed by atoms with Gasteiger partial charge in [-0.1, -0.05) is 43.7 Å². The summed E-state index contributed by atoms with van der Waals surface area (Å²) in [7, 11) is 4.30. The van der Waals surface area contributed by atoms with Gasteiger partial charge in [-0.25, -0.2) is 0 Å². The van der Waals surface area contributed by atoms with E-state index >= 15 is 0 Å². The van der Waals surface area contributed by atoms with Crippen molar-refractivity contribution in [1.29, 1.82) is 0 Å². The van der Waals surface area contributed by atoms with Crippen LogP contribution in [0.1, 0.15) is 31.7 Å². The average molecular weight is 235 g/mol. The zero-order valence-electron chi connectivity index (χ0n) is 11.4. The van der Waals surface area contributed by atoms with Crippen LogP contribution in [0.15, 0.2) is 30.3 Å². The zero-order valence-corrected chi connectivity index (χ0v) is 11.4. The summed E-state index contributed by atoms with van der Waals surface area (Å²) in [6.07, 6.45) is 3.61. The molecule has 1 rings (SSSR count). The normalized spacial score (nSPS) is 12.9. The number of hydrogen-bond acceptors (Lipinski definition) is 2. The Morgan fingerprint density at radius 3 is 2.41 bits per heavy atom. The van der Waals surface area contributed by atoms with Crippen LogP contribution in [0.25, 0.3) is 0 Å². The highest BCUT2D eigenvalue weighted by atomic mass is 16.5. The van der Waals surface area contributed by atoms with E-state index in [0.717, 1.165) is 19.6 Å². The fourth-order valence-corrected chi connectivity index (χ4v) is 1.98. The Kier molecular flexibility index (Phi) is 6.90. The minimum Gasteiger partial charge on any atom is -0.377 e. The van der Waals surface area contributed by atoms with Crippen molar-refractivity contribution in [1.82, 2.24) is 4.90 Å². The SMILES string of the molecule is CCCC(CCOCc1ccccc1)N(C)C. The summed E-state index contributed by atoms with van der Waals surface area (Å²) in [6, 6.07) is 11.0. The Bertz CT molecular complexity index is 284. The van der Waals surface area contributed by atoms with Crippen molar-refractivity contribution in [3.63, 3.8) is 0 Å². The molecule has 2 heteroatoms. The lowest BCUT2D eigenvalue weighted by molar-refractivity contribution is 0.0967. The molecule has 0 saturated heterocycles. The minimum atomic E-state index is 0.649. The number of rotatable bonds is 8. The van der Waals surface area contributed by atoms with Crippen molar-refractivity contribution in [2.45, 2.75) is 38.8 Å². The number of hydrogen-bond donors (Lipinski definition) is 0. The molecule has 0 heterocycles. The molecule has 0 fully saturated rings. The van der Waals surface area contributed by atoms with Crippen LogP contribution in [0.4, 0.5) is 0 Å². The maximum Gasteiger partial charge on any atom is 0.0716 e. The Morgan fingerprint density at radius 2 is 1.82 bits per heavy atom. The van der Waals surface area contributed by atoms with E-state index < -0.39 is 0 Å². The van der Waals surface area contributed by atoms with Crippen molar-refractivity contribution in [2.75, 3.05) is 20.7 Å². The number of benzene rings is 1.